The smallest absolute Gasteiger partial charge is 0.276 e. The summed E-state index contributed by atoms with van der Waals surface area (Å²) in [6, 6.07) is 19.9. The van der Waals surface area contributed by atoms with Crippen LogP contribution >= 0.6 is 0 Å². The van der Waals surface area contributed by atoms with Crippen molar-refractivity contribution in [1.29, 1.82) is 0 Å². The van der Waals surface area contributed by atoms with Gasteiger partial charge in [-0.2, -0.15) is 0 Å². The average Bonchev–Trinajstić information content (AvgIpc) is 2.69. The number of carbonyl (C=O) groups is 1. The topological polar surface area (TPSA) is 76.1 Å². The number of benzene rings is 2. The molecule has 0 spiro atoms. The van der Waals surface area contributed by atoms with Gasteiger partial charge in [-0.1, -0.05) is 36.4 Å². The van der Waals surface area contributed by atoms with Crippen molar-refractivity contribution >= 4 is 17.4 Å². The van der Waals surface area contributed by atoms with Crippen LogP contribution in [-0.4, -0.2) is 22.6 Å². The first-order valence-corrected chi connectivity index (χ1v) is 8.08. The molecule has 1 aromatic heterocycles. The van der Waals surface area contributed by atoms with Gasteiger partial charge < -0.3 is 15.4 Å². The van der Waals surface area contributed by atoms with Crippen LogP contribution in [0.25, 0.3) is 0 Å². The fraction of sp³-hybridized carbons (Fsp3) is 0.0500. The Labute approximate surface area is 151 Å². The minimum absolute atomic E-state index is 0.212. The third-order valence-corrected chi connectivity index (χ3v) is 3.43. The number of hydrogen-bond donors (Lipinski definition) is 2. The summed E-state index contributed by atoms with van der Waals surface area (Å²) < 4.78 is 5.84. The molecule has 0 unspecified atom stereocenters. The quantitative estimate of drug-likeness (QED) is 0.629. The average molecular weight is 346 g/mol. The van der Waals surface area contributed by atoms with E-state index in [1.54, 1.807) is 30.3 Å². The molecular formula is C20H18N4O2. The third kappa shape index (κ3) is 4.45. The summed E-state index contributed by atoms with van der Waals surface area (Å²) in [6.07, 6.45) is 1.71. The number of para-hydroxylation sites is 3. The van der Waals surface area contributed by atoms with Gasteiger partial charge in [0.2, 0.25) is 0 Å². The van der Waals surface area contributed by atoms with E-state index in [4.69, 9.17) is 4.74 Å². The number of anilines is 2. The Hall–Kier alpha value is -3.67. The second kappa shape index (κ2) is 8.43. The number of nitrogens with one attached hydrogen (secondary N) is 2. The number of rotatable bonds is 7. The Kier molecular flexibility index (Phi) is 5.57. The fourth-order valence-corrected chi connectivity index (χ4v) is 2.19. The molecule has 0 aliphatic rings. The fourth-order valence-electron chi connectivity index (χ4n) is 2.19. The van der Waals surface area contributed by atoms with E-state index < -0.39 is 0 Å². The van der Waals surface area contributed by atoms with Crippen molar-refractivity contribution in [2.24, 2.45) is 0 Å². The van der Waals surface area contributed by atoms with Gasteiger partial charge in [0.05, 0.1) is 5.69 Å². The Balaban J connectivity index is 1.72. The zero-order chi connectivity index (χ0) is 18.2. The lowest BCUT2D eigenvalue weighted by molar-refractivity contribution is 0.102. The van der Waals surface area contributed by atoms with Crippen molar-refractivity contribution in [3.63, 3.8) is 0 Å². The largest absolute Gasteiger partial charge is 0.455 e. The summed E-state index contributed by atoms with van der Waals surface area (Å²) in [5.41, 5.74) is 0.765. The SMILES string of the molecule is C=CCNc1ccc(C(=O)Nc2ccccc2Oc2ccccc2)nn1. The number of ether oxygens (including phenoxy) is 1. The normalized spacial score (nSPS) is 10.0. The second-order valence-corrected chi connectivity index (χ2v) is 5.34. The van der Waals surface area contributed by atoms with Crippen LogP contribution < -0.4 is 15.4 Å². The highest BCUT2D eigenvalue weighted by Crippen LogP contribution is 2.29. The molecule has 2 N–H and O–H groups in total. The van der Waals surface area contributed by atoms with Crippen molar-refractivity contribution < 1.29 is 9.53 Å². The summed E-state index contributed by atoms with van der Waals surface area (Å²) in [5.74, 6) is 1.45. The zero-order valence-corrected chi connectivity index (χ0v) is 14.1. The molecule has 1 amide bonds. The molecule has 6 nitrogen and oxygen atoms in total. The molecule has 0 atom stereocenters. The van der Waals surface area contributed by atoms with E-state index >= 15 is 0 Å². The van der Waals surface area contributed by atoms with E-state index in [1.165, 1.54) is 0 Å². The molecular weight excluding hydrogens is 328 g/mol. The van der Waals surface area contributed by atoms with Crippen LogP contribution in [0.15, 0.2) is 79.4 Å². The van der Waals surface area contributed by atoms with Gasteiger partial charge in [0, 0.05) is 6.54 Å². The molecule has 3 rings (SSSR count). The first-order chi connectivity index (χ1) is 12.8. The van der Waals surface area contributed by atoms with Crippen LogP contribution in [0.2, 0.25) is 0 Å². The Morgan fingerprint density at radius 1 is 1.00 bits per heavy atom. The summed E-state index contributed by atoms with van der Waals surface area (Å²) in [7, 11) is 0. The van der Waals surface area contributed by atoms with Crippen LogP contribution in [-0.2, 0) is 0 Å². The maximum absolute atomic E-state index is 12.4. The summed E-state index contributed by atoms with van der Waals surface area (Å²) >= 11 is 0. The van der Waals surface area contributed by atoms with Crippen LogP contribution in [0, 0.1) is 0 Å². The van der Waals surface area contributed by atoms with E-state index in [2.05, 4.69) is 27.4 Å². The summed E-state index contributed by atoms with van der Waals surface area (Å²) in [4.78, 5) is 12.4. The van der Waals surface area contributed by atoms with Gasteiger partial charge in [0.1, 0.15) is 11.6 Å². The van der Waals surface area contributed by atoms with Crippen LogP contribution in [0.1, 0.15) is 10.5 Å². The Morgan fingerprint density at radius 3 is 2.50 bits per heavy atom. The van der Waals surface area contributed by atoms with Crippen LogP contribution in [0.4, 0.5) is 11.5 Å². The molecule has 0 aliphatic heterocycles. The van der Waals surface area contributed by atoms with Gasteiger partial charge >= 0.3 is 0 Å². The van der Waals surface area contributed by atoms with Crippen molar-refractivity contribution in [3.8, 4) is 11.5 Å². The highest BCUT2D eigenvalue weighted by molar-refractivity contribution is 6.03. The molecule has 0 aliphatic carbocycles. The van der Waals surface area contributed by atoms with Crippen LogP contribution in [0.3, 0.4) is 0 Å². The number of aromatic nitrogens is 2. The predicted octanol–water partition coefficient (Wildman–Crippen LogP) is 4.12. The van der Waals surface area contributed by atoms with E-state index in [9.17, 15) is 4.79 Å². The first kappa shape index (κ1) is 17.2. The van der Waals surface area contributed by atoms with Crippen molar-refractivity contribution in [3.05, 3.63) is 85.1 Å². The van der Waals surface area contributed by atoms with Gasteiger partial charge in [-0.3, -0.25) is 4.79 Å². The molecule has 0 fully saturated rings. The molecule has 6 heteroatoms. The molecule has 3 aromatic rings. The minimum atomic E-state index is -0.364. The molecule has 0 saturated heterocycles. The predicted molar refractivity (Wildman–Crippen MR) is 102 cm³/mol. The maximum Gasteiger partial charge on any atom is 0.276 e. The van der Waals surface area contributed by atoms with E-state index in [0.29, 0.717) is 29.5 Å². The van der Waals surface area contributed by atoms with Gasteiger partial charge in [-0.25, -0.2) is 0 Å². The van der Waals surface area contributed by atoms with Gasteiger partial charge in [0.25, 0.3) is 5.91 Å². The maximum atomic E-state index is 12.4. The molecule has 2 aromatic carbocycles. The zero-order valence-electron chi connectivity index (χ0n) is 14.1. The first-order valence-electron chi connectivity index (χ1n) is 8.08. The number of nitrogens with zero attached hydrogens (tertiary/aromatic N) is 2. The molecule has 26 heavy (non-hydrogen) atoms. The highest BCUT2D eigenvalue weighted by Gasteiger charge is 2.12. The third-order valence-electron chi connectivity index (χ3n) is 3.43. The standard InChI is InChI=1S/C20H18N4O2/c1-2-14-21-19-13-12-17(23-24-19)20(25)22-16-10-6-7-11-18(16)26-15-8-4-3-5-9-15/h2-13H,1,14H2,(H,21,24)(H,22,25). The van der Waals surface area contributed by atoms with Crippen molar-refractivity contribution in [2.75, 3.05) is 17.2 Å². The monoisotopic (exact) mass is 346 g/mol. The van der Waals surface area contributed by atoms with Gasteiger partial charge in [-0.15, -0.1) is 16.8 Å². The number of carbonyl (C=O) groups excluding carboxylic acids is 1. The summed E-state index contributed by atoms with van der Waals surface area (Å²) in [5, 5.41) is 13.7. The van der Waals surface area contributed by atoms with Crippen molar-refractivity contribution in [2.45, 2.75) is 0 Å². The molecule has 130 valence electrons. The Morgan fingerprint density at radius 2 is 1.77 bits per heavy atom. The van der Waals surface area contributed by atoms with Crippen LogP contribution in [0.5, 0.6) is 11.5 Å². The molecule has 0 saturated carbocycles. The lowest BCUT2D eigenvalue weighted by atomic mass is 10.2. The second-order valence-electron chi connectivity index (χ2n) is 5.34. The lowest BCUT2D eigenvalue weighted by Gasteiger charge is -2.12. The molecule has 1 heterocycles. The molecule has 0 radical (unpaired) electrons. The van der Waals surface area contributed by atoms with E-state index in [-0.39, 0.29) is 11.6 Å². The van der Waals surface area contributed by atoms with E-state index in [0.717, 1.165) is 0 Å². The van der Waals surface area contributed by atoms with Gasteiger partial charge in [0.15, 0.2) is 11.4 Å². The minimum Gasteiger partial charge on any atom is -0.455 e. The molecule has 0 bridgehead atoms. The van der Waals surface area contributed by atoms with E-state index in [1.807, 2.05) is 42.5 Å². The van der Waals surface area contributed by atoms with Gasteiger partial charge in [-0.05, 0) is 36.4 Å². The highest BCUT2D eigenvalue weighted by atomic mass is 16.5. The summed E-state index contributed by atoms with van der Waals surface area (Å²) in [6.45, 7) is 4.19. The number of hydrogen-bond acceptors (Lipinski definition) is 5. The lowest BCUT2D eigenvalue weighted by Crippen LogP contribution is -2.15. The van der Waals surface area contributed by atoms with Crippen molar-refractivity contribution in [1.82, 2.24) is 10.2 Å². The number of amides is 1. The Bertz CT molecular complexity index is 880.